The topological polar surface area (TPSA) is 113 Å². The molecule has 3 rings (SSSR count). The van der Waals surface area contributed by atoms with Crippen molar-refractivity contribution in [2.24, 2.45) is 7.05 Å². The minimum absolute atomic E-state index is 0.131. The number of nitrogens with zero attached hydrogens (tertiary/aromatic N) is 3. The van der Waals surface area contributed by atoms with E-state index >= 15 is 0 Å². The van der Waals surface area contributed by atoms with Gasteiger partial charge in [0, 0.05) is 18.8 Å². The molecule has 26 heavy (non-hydrogen) atoms. The summed E-state index contributed by atoms with van der Waals surface area (Å²) in [6.07, 6.45) is -0.131. The second-order valence-corrected chi connectivity index (χ2v) is 6.99. The molecule has 0 bridgehead atoms. The molecule has 0 unspecified atom stereocenters. The van der Waals surface area contributed by atoms with Crippen molar-refractivity contribution in [1.82, 2.24) is 19.1 Å². The van der Waals surface area contributed by atoms with E-state index in [0.29, 0.717) is 11.7 Å². The van der Waals surface area contributed by atoms with Crippen molar-refractivity contribution in [2.75, 3.05) is 5.75 Å². The average Bonchev–Trinajstić information content (AvgIpc) is 2.94. The van der Waals surface area contributed by atoms with E-state index in [0.717, 1.165) is 11.1 Å². The first-order valence-corrected chi connectivity index (χ1v) is 8.93. The number of imidazole rings is 1. The summed E-state index contributed by atoms with van der Waals surface area (Å²) in [6.45, 7) is 2.36. The molecule has 8 nitrogen and oxygen atoms in total. The number of carboxylic acid groups (broad SMARTS) is 1. The summed E-state index contributed by atoms with van der Waals surface area (Å²) in [5.41, 5.74) is 1.56. The van der Waals surface area contributed by atoms with E-state index in [9.17, 15) is 19.5 Å². The number of benzene rings is 1. The first-order chi connectivity index (χ1) is 12.4. The summed E-state index contributed by atoms with van der Waals surface area (Å²) in [6, 6.07) is 7.84. The van der Waals surface area contributed by atoms with Gasteiger partial charge in [0.2, 0.25) is 0 Å². The number of carbonyl (C=O) groups excluding carboxylic acids is 1. The van der Waals surface area contributed by atoms with Crippen molar-refractivity contribution < 1.29 is 9.90 Å². The lowest BCUT2D eigenvalue weighted by atomic mass is 10.1. The number of hydrogen-bond donors (Lipinski definition) is 1. The molecule has 0 amide bonds. The molecule has 0 saturated carbocycles. The number of aliphatic carboxylic acids is 1. The Morgan fingerprint density at radius 1 is 1.27 bits per heavy atom. The highest BCUT2D eigenvalue weighted by Gasteiger charge is 2.17. The van der Waals surface area contributed by atoms with Gasteiger partial charge in [0.1, 0.15) is 0 Å². The standard InChI is InChI=1S/C17H18N4O4S/c1-10-3-5-11(6-4-10)9-21-13-14(20(2)16(25)19-15(13)24)18-17(21)26-8-7-12(22)23/h3-6H,7-9H2,1-2H3,(H,22,23)(H,19,24,25)/p-1. The highest BCUT2D eigenvalue weighted by atomic mass is 32.2. The molecule has 0 aliphatic heterocycles. The number of carbonyl (C=O) groups is 1. The van der Waals surface area contributed by atoms with Crippen LogP contribution < -0.4 is 16.4 Å². The quantitative estimate of drug-likeness (QED) is 0.609. The van der Waals surface area contributed by atoms with Gasteiger partial charge in [-0.1, -0.05) is 41.6 Å². The minimum Gasteiger partial charge on any atom is -0.550 e. The number of aromatic nitrogens is 4. The molecule has 0 fully saturated rings. The Kier molecular flexibility index (Phi) is 4.99. The second-order valence-electron chi connectivity index (χ2n) is 5.93. The van der Waals surface area contributed by atoms with Crippen molar-refractivity contribution >= 4 is 28.9 Å². The minimum atomic E-state index is -1.15. The van der Waals surface area contributed by atoms with Gasteiger partial charge in [0.05, 0.1) is 6.54 Å². The third-order valence-corrected chi connectivity index (χ3v) is 4.95. The Labute approximate surface area is 152 Å². The van der Waals surface area contributed by atoms with Gasteiger partial charge in [-0.15, -0.1) is 0 Å². The van der Waals surface area contributed by atoms with Crippen LogP contribution in [0.5, 0.6) is 0 Å². The molecule has 0 aliphatic carbocycles. The van der Waals surface area contributed by atoms with Gasteiger partial charge in [-0.3, -0.25) is 14.3 Å². The van der Waals surface area contributed by atoms with Gasteiger partial charge < -0.3 is 14.5 Å². The molecule has 1 aromatic carbocycles. The normalized spacial score (nSPS) is 11.2. The smallest absolute Gasteiger partial charge is 0.329 e. The molecule has 9 heteroatoms. The molecule has 0 saturated heterocycles. The lowest BCUT2D eigenvalue weighted by Gasteiger charge is -2.09. The van der Waals surface area contributed by atoms with Crippen molar-refractivity contribution in [1.29, 1.82) is 0 Å². The number of rotatable bonds is 6. The van der Waals surface area contributed by atoms with E-state index in [1.54, 1.807) is 4.57 Å². The van der Waals surface area contributed by atoms with E-state index in [1.807, 2.05) is 31.2 Å². The molecule has 1 N–H and O–H groups in total. The Hall–Kier alpha value is -2.81. The summed E-state index contributed by atoms with van der Waals surface area (Å²) < 4.78 is 2.98. The number of aromatic amines is 1. The highest BCUT2D eigenvalue weighted by molar-refractivity contribution is 7.99. The Bertz CT molecular complexity index is 1080. The molecule has 2 aromatic heterocycles. The summed E-state index contributed by atoms with van der Waals surface area (Å²) in [5, 5.41) is 11.2. The van der Waals surface area contributed by atoms with Crippen LogP contribution in [0.1, 0.15) is 17.5 Å². The number of nitrogens with one attached hydrogen (secondary N) is 1. The SMILES string of the molecule is Cc1ccc(Cn2c(SCCC(=O)[O-])nc3c2c(=O)[nH]c(=O)n3C)cc1. The number of thioether (sulfide) groups is 1. The van der Waals surface area contributed by atoms with Crippen molar-refractivity contribution in [2.45, 2.75) is 25.0 Å². The van der Waals surface area contributed by atoms with Gasteiger partial charge >= 0.3 is 5.69 Å². The Morgan fingerprint density at radius 2 is 1.96 bits per heavy atom. The Balaban J connectivity index is 2.11. The van der Waals surface area contributed by atoms with Crippen LogP contribution in [0.3, 0.4) is 0 Å². The van der Waals surface area contributed by atoms with Gasteiger partial charge in [0.15, 0.2) is 16.3 Å². The van der Waals surface area contributed by atoms with Crippen LogP contribution in [-0.4, -0.2) is 30.8 Å². The maximum absolute atomic E-state index is 12.4. The molecule has 0 spiro atoms. The number of fused-ring (bicyclic) bond motifs is 1. The number of carboxylic acids is 1. The molecule has 3 aromatic rings. The van der Waals surface area contributed by atoms with Crippen LogP contribution in [0.15, 0.2) is 39.0 Å². The second kappa shape index (κ2) is 7.20. The van der Waals surface area contributed by atoms with Gasteiger partial charge in [-0.25, -0.2) is 9.78 Å². The van der Waals surface area contributed by atoms with Crippen LogP contribution in [0.4, 0.5) is 0 Å². The van der Waals surface area contributed by atoms with Crippen LogP contribution >= 0.6 is 11.8 Å². The maximum atomic E-state index is 12.4. The van der Waals surface area contributed by atoms with Crippen molar-refractivity contribution in [3.63, 3.8) is 0 Å². The third-order valence-electron chi connectivity index (χ3n) is 3.97. The third kappa shape index (κ3) is 3.57. The van der Waals surface area contributed by atoms with Gasteiger partial charge in [-0.2, -0.15) is 0 Å². The monoisotopic (exact) mass is 373 g/mol. The lowest BCUT2D eigenvalue weighted by Crippen LogP contribution is -2.29. The first-order valence-electron chi connectivity index (χ1n) is 7.94. The zero-order valence-electron chi connectivity index (χ0n) is 14.3. The van der Waals surface area contributed by atoms with E-state index < -0.39 is 17.2 Å². The number of H-pyrrole nitrogens is 1. The fourth-order valence-corrected chi connectivity index (χ4v) is 3.49. The average molecular weight is 373 g/mol. The summed E-state index contributed by atoms with van der Waals surface area (Å²) in [7, 11) is 1.53. The number of aryl methyl sites for hydroxylation is 2. The molecule has 0 aliphatic rings. The van der Waals surface area contributed by atoms with E-state index in [4.69, 9.17) is 0 Å². The fourth-order valence-electron chi connectivity index (χ4n) is 2.57. The van der Waals surface area contributed by atoms with Crippen LogP contribution in [0.2, 0.25) is 0 Å². The molecular formula is C17H17N4O4S-. The van der Waals surface area contributed by atoms with Crippen molar-refractivity contribution in [3.05, 3.63) is 56.2 Å². The van der Waals surface area contributed by atoms with Crippen LogP contribution in [0, 0.1) is 6.92 Å². The van der Waals surface area contributed by atoms with E-state index in [-0.39, 0.29) is 23.3 Å². The van der Waals surface area contributed by atoms with Gasteiger partial charge in [-0.05, 0) is 18.9 Å². The Morgan fingerprint density at radius 3 is 2.62 bits per heavy atom. The van der Waals surface area contributed by atoms with E-state index in [2.05, 4.69) is 9.97 Å². The molecular weight excluding hydrogens is 356 g/mol. The first kappa shape index (κ1) is 18.0. The van der Waals surface area contributed by atoms with Crippen LogP contribution in [-0.2, 0) is 18.4 Å². The molecule has 2 heterocycles. The zero-order valence-corrected chi connectivity index (χ0v) is 15.1. The summed E-state index contributed by atoms with van der Waals surface area (Å²) in [5.74, 6) is -0.894. The highest BCUT2D eigenvalue weighted by Crippen LogP contribution is 2.23. The molecule has 0 atom stereocenters. The van der Waals surface area contributed by atoms with Gasteiger partial charge in [0.25, 0.3) is 5.56 Å². The van der Waals surface area contributed by atoms with E-state index in [1.165, 1.54) is 23.4 Å². The molecule has 136 valence electrons. The molecule has 0 radical (unpaired) electrons. The predicted molar refractivity (Wildman–Crippen MR) is 96.2 cm³/mol. The zero-order chi connectivity index (χ0) is 18.8. The number of hydrogen-bond acceptors (Lipinski definition) is 6. The van der Waals surface area contributed by atoms with Crippen molar-refractivity contribution in [3.8, 4) is 0 Å². The fraction of sp³-hybridized carbons (Fsp3) is 0.294. The summed E-state index contributed by atoms with van der Waals surface area (Å²) in [4.78, 5) is 41.6. The summed E-state index contributed by atoms with van der Waals surface area (Å²) >= 11 is 1.21. The largest absolute Gasteiger partial charge is 0.550 e. The van der Waals surface area contributed by atoms with Crippen LogP contribution in [0.25, 0.3) is 11.2 Å². The lowest BCUT2D eigenvalue weighted by molar-refractivity contribution is -0.305. The predicted octanol–water partition coefficient (Wildman–Crippen LogP) is 0.0121. The maximum Gasteiger partial charge on any atom is 0.329 e.